The molecule has 0 aromatic carbocycles. The molecule has 0 bridgehead atoms. The van der Waals surface area contributed by atoms with Crippen LogP contribution in [0.1, 0.15) is 26.5 Å². The summed E-state index contributed by atoms with van der Waals surface area (Å²) in [5.41, 5.74) is 2.09. The van der Waals surface area contributed by atoms with E-state index in [0.29, 0.717) is 0 Å². The summed E-state index contributed by atoms with van der Waals surface area (Å²) in [6.07, 6.45) is 6.81. The van der Waals surface area contributed by atoms with Gasteiger partial charge in [-0.15, -0.1) is 11.3 Å². The van der Waals surface area contributed by atoms with Crippen molar-refractivity contribution >= 4 is 22.9 Å². The molecule has 0 saturated heterocycles. The Labute approximate surface area is 104 Å². The Morgan fingerprint density at radius 1 is 1.41 bits per heavy atom. The van der Waals surface area contributed by atoms with E-state index in [9.17, 15) is 4.79 Å². The highest BCUT2D eigenvalue weighted by Crippen LogP contribution is 2.30. The molecule has 0 radical (unpaired) electrons. The fraction of sp³-hybridized carbons (Fsp3) is 0.231. The van der Waals surface area contributed by atoms with Crippen LogP contribution in [0, 0.1) is 0 Å². The maximum Gasteiger partial charge on any atom is 0.265 e. The van der Waals surface area contributed by atoms with Gasteiger partial charge in [0.1, 0.15) is 0 Å². The number of hydrogen-bond donors (Lipinski definition) is 1. The molecule has 2 heterocycles. The van der Waals surface area contributed by atoms with Crippen molar-refractivity contribution < 1.29 is 4.79 Å². The largest absolute Gasteiger partial charge is 0.320 e. The number of carbonyl (C=O) groups excluding carboxylic acids is 1. The Morgan fingerprint density at radius 2 is 2.35 bits per heavy atom. The van der Waals surface area contributed by atoms with Gasteiger partial charge in [0.05, 0.1) is 16.8 Å². The summed E-state index contributed by atoms with van der Waals surface area (Å²) in [5, 5.41) is 2.86. The monoisotopic (exact) mass is 244 g/mol. The summed E-state index contributed by atoms with van der Waals surface area (Å²) in [7, 11) is 0. The van der Waals surface area contributed by atoms with E-state index in [2.05, 4.69) is 10.3 Å². The lowest BCUT2D eigenvalue weighted by molar-refractivity contribution is 0.103. The van der Waals surface area contributed by atoms with E-state index in [1.165, 1.54) is 16.9 Å². The third kappa shape index (κ3) is 2.08. The topological polar surface area (TPSA) is 42.0 Å². The summed E-state index contributed by atoms with van der Waals surface area (Å²) < 4.78 is 0. The van der Waals surface area contributed by atoms with Gasteiger partial charge < -0.3 is 5.32 Å². The second-order valence-corrected chi connectivity index (χ2v) is 5.25. The Balaban J connectivity index is 1.78. The average molecular weight is 244 g/mol. The summed E-state index contributed by atoms with van der Waals surface area (Å²) in [5.74, 6) is -0.0302. The van der Waals surface area contributed by atoms with Gasteiger partial charge in [0, 0.05) is 11.1 Å². The van der Waals surface area contributed by atoms with Crippen molar-refractivity contribution in [3.05, 3.63) is 45.9 Å². The van der Waals surface area contributed by atoms with E-state index in [1.807, 2.05) is 18.2 Å². The van der Waals surface area contributed by atoms with E-state index in [0.717, 1.165) is 23.4 Å². The van der Waals surface area contributed by atoms with Gasteiger partial charge in [-0.3, -0.25) is 9.78 Å². The van der Waals surface area contributed by atoms with Gasteiger partial charge in [-0.1, -0.05) is 0 Å². The number of rotatable bonds is 2. The molecular formula is C13H12N2OS. The molecule has 2 aromatic heterocycles. The molecule has 3 nitrogen and oxygen atoms in total. The number of thiophene rings is 1. The van der Waals surface area contributed by atoms with Crippen molar-refractivity contribution in [2.45, 2.75) is 19.3 Å². The van der Waals surface area contributed by atoms with Crippen molar-refractivity contribution in [2.75, 3.05) is 5.32 Å². The van der Waals surface area contributed by atoms with Crippen LogP contribution in [0.5, 0.6) is 0 Å². The maximum atomic E-state index is 12.0. The lowest BCUT2D eigenvalue weighted by atomic mass is 10.2. The minimum atomic E-state index is -0.0302. The van der Waals surface area contributed by atoms with Gasteiger partial charge in [0.2, 0.25) is 0 Å². The van der Waals surface area contributed by atoms with E-state index in [4.69, 9.17) is 0 Å². The van der Waals surface area contributed by atoms with Crippen molar-refractivity contribution in [1.82, 2.24) is 4.98 Å². The van der Waals surface area contributed by atoms with Crippen molar-refractivity contribution in [3.8, 4) is 0 Å². The SMILES string of the molecule is O=C(Nc1cccnc1)c1cc2c(s1)CCC2. The van der Waals surface area contributed by atoms with Crippen LogP contribution in [0.25, 0.3) is 0 Å². The van der Waals surface area contributed by atoms with Gasteiger partial charge in [0.15, 0.2) is 0 Å². The van der Waals surface area contributed by atoms with Crippen LogP contribution >= 0.6 is 11.3 Å². The molecule has 0 spiro atoms. The number of amides is 1. The van der Waals surface area contributed by atoms with Crippen molar-refractivity contribution in [1.29, 1.82) is 0 Å². The number of aromatic nitrogens is 1. The number of nitrogens with one attached hydrogen (secondary N) is 1. The molecule has 0 fully saturated rings. The zero-order valence-electron chi connectivity index (χ0n) is 9.27. The first-order chi connectivity index (χ1) is 8.33. The van der Waals surface area contributed by atoms with Crippen molar-refractivity contribution in [3.63, 3.8) is 0 Å². The molecule has 2 aromatic rings. The standard InChI is InChI=1S/C13H12N2OS/c16-13(15-10-4-2-6-14-8-10)12-7-9-3-1-5-11(9)17-12/h2,4,6-8H,1,3,5H2,(H,15,16). The van der Waals surface area contributed by atoms with Gasteiger partial charge in [-0.25, -0.2) is 0 Å². The number of fused-ring (bicyclic) bond motifs is 1. The van der Waals surface area contributed by atoms with E-state index >= 15 is 0 Å². The summed E-state index contributed by atoms with van der Waals surface area (Å²) in [6, 6.07) is 5.68. The van der Waals surface area contributed by atoms with E-state index in [-0.39, 0.29) is 5.91 Å². The first-order valence-electron chi connectivity index (χ1n) is 5.66. The molecule has 1 aliphatic carbocycles. The predicted molar refractivity (Wildman–Crippen MR) is 68.5 cm³/mol. The second kappa shape index (κ2) is 4.30. The lowest BCUT2D eigenvalue weighted by Gasteiger charge is -2.01. The highest BCUT2D eigenvalue weighted by atomic mass is 32.1. The smallest absolute Gasteiger partial charge is 0.265 e. The highest BCUT2D eigenvalue weighted by Gasteiger charge is 2.18. The molecular weight excluding hydrogens is 232 g/mol. The third-order valence-electron chi connectivity index (χ3n) is 2.89. The van der Waals surface area contributed by atoms with Crippen LogP contribution in [0.2, 0.25) is 0 Å². The number of aryl methyl sites for hydroxylation is 2. The molecule has 0 unspecified atom stereocenters. The lowest BCUT2D eigenvalue weighted by Crippen LogP contribution is -2.10. The number of carbonyl (C=O) groups is 1. The molecule has 1 aliphatic rings. The van der Waals surface area contributed by atoms with Crippen LogP contribution < -0.4 is 5.32 Å². The Morgan fingerprint density at radius 3 is 3.12 bits per heavy atom. The summed E-state index contributed by atoms with van der Waals surface area (Å²) >= 11 is 1.62. The number of nitrogens with zero attached hydrogens (tertiary/aromatic N) is 1. The van der Waals surface area contributed by atoms with Gasteiger partial charge in [-0.05, 0) is 43.0 Å². The van der Waals surface area contributed by atoms with E-state index in [1.54, 1.807) is 23.7 Å². The van der Waals surface area contributed by atoms with Crippen LogP contribution in [-0.4, -0.2) is 10.9 Å². The number of pyridine rings is 1. The third-order valence-corrected chi connectivity index (χ3v) is 4.13. The Bertz CT molecular complexity index is 526. The molecule has 0 saturated carbocycles. The second-order valence-electron chi connectivity index (χ2n) is 4.11. The molecule has 86 valence electrons. The van der Waals surface area contributed by atoms with Crippen LogP contribution in [-0.2, 0) is 12.8 Å². The fourth-order valence-electron chi connectivity index (χ4n) is 2.07. The maximum absolute atomic E-state index is 12.0. The molecule has 3 rings (SSSR count). The van der Waals surface area contributed by atoms with Crippen molar-refractivity contribution in [2.24, 2.45) is 0 Å². The molecule has 17 heavy (non-hydrogen) atoms. The van der Waals surface area contributed by atoms with Gasteiger partial charge in [-0.2, -0.15) is 0 Å². The summed E-state index contributed by atoms with van der Waals surface area (Å²) in [6.45, 7) is 0. The van der Waals surface area contributed by atoms with Crippen LogP contribution in [0.4, 0.5) is 5.69 Å². The minimum Gasteiger partial charge on any atom is -0.320 e. The van der Waals surface area contributed by atoms with Gasteiger partial charge >= 0.3 is 0 Å². The Hall–Kier alpha value is -1.68. The molecule has 0 aliphatic heterocycles. The fourth-order valence-corrected chi connectivity index (χ4v) is 3.22. The minimum absolute atomic E-state index is 0.0302. The zero-order chi connectivity index (χ0) is 11.7. The quantitative estimate of drug-likeness (QED) is 0.882. The molecule has 1 amide bonds. The first kappa shape index (κ1) is 10.5. The van der Waals surface area contributed by atoms with Crippen LogP contribution in [0.3, 0.4) is 0 Å². The average Bonchev–Trinajstić information content (AvgIpc) is 2.90. The highest BCUT2D eigenvalue weighted by molar-refractivity contribution is 7.14. The summed E-state index contributed by atoms with van der Waals surface area (Å²) in [4.78, 5) is 18.1. The van der Waals surface area contributed by atoms with E-state index < -0.39 is 0 Å². The molecule has 4 heteroatoms. The zero-order valence-corrected chi connectivity index (χ0v) is 10.1. The Kier molecular flexibility index (Phi) is 2.65. The number of anilines is 1. The van der Waals surface area contributed by atoms with Gasteiger partial charge in [0.25, 0.3) is 5.91 Å². The number of hydrogen-bond acceptors (Lipinski definition) is 3. The van der Waals surface area contributed by atoms with Crippen LogP contribution in [0.15, 0.2) is 30.6 Å². The molecule has 1 N–H and O–H groups in total. The first-order valence-corrected chi connectivity index (χ1v) is 6.47. The molecule has 0 atom stereocenters. The normalized spacial score (nSPS) is 13.4. The predicted octanol–water partition coefficient (Wildman–Crippen LogP) is 2.88.